The largest absolute Gasteiger partial charge is 0.422 e. The second-order valence-corrected chi connectivity index (χ2v) is 7.42. The van der Waals surface area contributed by atoms with E-state index >= 15 is 0 Å². The molecule has 0 spiro atoms. The number of hydrazone groups is 1. The van der Waals surface area contributed by atoms with Crippen molar-refractivity contribution in [1.82, 2.24) is 10.3 Å². The molecule has 28 heavy (non-hydrogen) atoms. The second-order valence-electron chi connectivity index (χ2n) is 6.35. The van der Waals surface area contributed by atoms with Gasteiger partial charge in [0.1, 0.15) is 16.5 Å². The van der Waals surface area contributed by atoms with Crippen LogP contribution in [0.1, 0.15) is 26.9 Å². The average molecular weight is 391 g/mol. The summed E-state index contributed by atoms with van der Waals surface area (Å²) in [6, 6.07) is 16.5. The third-order valence-electron chi connectivity index (χ3n) is 4.64. The first-order valence-electron chi connectivity index (χ1n) is 8.58. The molecule has 0 bridgehead atoms. The van der Waals surface area contributed by atoms with Crippen LogP contribution in [0.4, 0.5) is 0 Å². The Morgan fingerprint density at radius 1 is 1.00 bits per heavy atom. The third kappa shape index (κ3) is 2.53. The molecule has 2 aliphatic rings. The Balaban J connectivity index is 1.67. The van der Waals surface area contributed by atoms with E-state index < -0.39 is 11.5 Å². The van der Waals surface area contributed by atoms with Crippen molar-refractivity contribution in [3.05, 3.63) is 81.7 Å². The fourth-order valence-electron chi connectivity index (χ4n) is 3.40. The van der Waals surface area contributed by atoms with Crippen LogP contribution in [-0.2, 0) is 4.79 Å². The minimum atomic E-state index is -0.724. The summed E-state index contributed by atoms with van der Waals surface area (Å²) in [4.78, 5) is 37.2. The highest BCUT2D eigenvalue weighted by molar-refractivity contribution is 8.00. The Morgan fingerprint density at radius 3 is 2.57 bits per heavy atom. The zero-order valence-corrected chi connectivity index (χ0v) is 15.2. The van der Waals surface area contributed by atoms with E-state index in [1.165, 1.54) is 16.8 Å². The molecule has 5 rings (SSSR count). The Bertz CT molecular complexity index is 1220. The molecule has 1 aromatic heterocycles. The van der Waals surface area contributed by atoms with Crippen LogP contribution in [0.2, 0.25) is 0 Å². The fourth-order valence-corrected chi connectivity index (χ4v) is 4.49. The van der Waals surface area contributed by atoms with E-state index in [-0.39, 0.29) is 28.4 Å². The van der Waals surface area contributed by atoms with E-state index in [1.54, 1.807) is 24.3 Å². The van der Waals surface area contributed by atoms with Crippen LogP contribution >= 0.6 is 11.8 Å². The lowest BCUT2D eigenvalue weighted by molar-refractivity contribution is -0.128. The van der Waals surface area contributed by atoms with Crippen molar-refractivity contribution in [3.63, 3.8) is 0 Å². The Labute approximate surface area is 163 Å². The van der Waals surface area contributed by atoms with E-state index in [0.29, 0.717) is 16.5 Å². The fraction of sp³-hybridized carbons (Fsp3) is 0.100. The first-order chi connectivity index (χ1) is 13.6. The van der Waals surface area contributed by atoms with Gasteiger partial charge >= 0.3 is 5.63 Å². The maximum Gasteiger partial charge on any atom is 0.349 e. The maximum atomic E-state index is 12.5. The number of nitrogens with zero attached hydrogens (tertiary/aromatic N) is 2. The number of carbonyl (C=O) groups excluding carboxylic acids is 2. The highest BCUT2D eigenvalue weighted by Gasteiger charge is 2.37. The zero-order chi connectivity index (χ0) is 19.3. The molecular formula is C20H13N3O4S. The van der Waals surface area contributed by atoms with Crippen LogP contribution < -0.4 is 10.9 Å². The van der Waals surface area contributed by atoms with Crippen molar-refractivity contribution < 1.29 is 14.0 Å². The molecule has 1 fully saturated rings. The molecule has 1 unspecified atom stereocenters. The van der Waals surface area contributed by atoms with Gasteiger partial charge in [0.05, 0.1) is 11.3 Å². The molecule has 2 aliphatic heterocycles. The van der Waals surface area contributed by atoms with E-state index in [4.69, 9.17) is 4.42 Å². The summed E-state index contributed by atoms with van der Waals surface area (Å²) in [6.45, 7) is 0. The normalized spacial score (nSPS) is 20.1. The van der Waals surface area contributed by atoms with Crippen LogP contribution in [0.5, 0.6) is 0 Å². The lowest BCUT2D eigenvalue weighted by Crippen LogP contribution is -2.29. The second kappa shape index (κ2) is 6.35. The van der Waals surface area contributed by atoms with Crippen molar-refractivity contribution in [1.29, 1.82) is 0 Å². The van der Waals surface area contributed by atoms with Crippen LogP contribution in [0.15, 0.2) is 68.9 Å². The standard InChI is InChI=1S/C20H13N3O4S/c24-14-10-28-19(11-6-2-1-3-7-11)23(14)22-17-15-12-8-4-5-9-13(12)27-20(26)16(15)18(25)21-17/h1-9,19H,10H2,(H,21,22,25). The highest BCUT2D eigenvalue weighted by Crippen LogP contribution is 2.39. The molecule has 138 valence electrons. The van der Waals surface area contributed by atoms with Gasteiger partial charge in [-0.25, -0.2) is 9.80 Å². The van der Waals surface area contributed by atoms with Crippen molar-refractivity contribution >= 4 is 40.4 Å². The zero-order valence-electron chi connectivity index (χ0n) is 14.4. The molecular weight excluding hydrogens is 378 g/mol. The topological polar surface area (TPSA) is 92.0 Å². The van der Waals surface area contributed by atoms with Crippen molar-refractivity contribution in [2.75, 3.05) is 5.75 Å². The van der Waals surface area contributed by atoms with Crippen LogP contribution in [0, 0.1) is 0 Å². The van der Waals surface area contributed by atoms with Gasteiger partial charge in [-0.2, -0.15) is 0 Å². The number of para-hydroxylation sites is 1. The number of carbonyl (C=O) groups is 2. The van der Waals surface area contributed by atoms with E-state index in [9.17, 15) is 14.4 Å². The van der Waals surface area contributed by atoms with E-state index in [1.807, 2.05) is 30.3 Å². The lowest BCUT2D eigenvalue weighted by atomic mass is 10.1. The predicted molar refractivity (Wildman–Crippen MR) is 105 cm³/mol. The number of nitrogens with one attached hydrogen (secondary N) is 1. The van der Waals surface area contributed by atoms with Gasteiger partial charge in [0.25, 0.3) is 11.8 Å². The molecule has 0 saturated carbocycles. The average Bonchev–Trinajstić information content (AvgIpc) is 3.24. The molecule has 8 heteroatoms. The summed E-state index contributed by atoms with van der Waals surface area (Å²) in [5.41, 5.74) is 0.848. The quantitative estimate of drug-likeness (QED) is 0.678. The number of rotatable bonds is 2. The summed E-state index contributed by atoms with van der Waals surface area (Å²) in [7, 11) is 0. The summed E-state index contributed by atoms with van der Waals surface area (Å²) in [5, 5.41) is 8.74. The molecule has 3 heterocycles. The number of fused-ring (bicyclic) bond motifs is 3. The molecule has 3 aromatic rings. The summed E-state index contributed by atoms with van der Waals surface area (Å²) in [5.74, 6) is -0.277. The molecule has 2 aromatic carbocycles. The minimum absolute atomic E-state index is 0.0898. The summed E-state index contributed by atoms with van der Waals surface area (Å²) < 4.78 is 5.25. The molecule has 0 aliphatic carbocycles. The Morgan fingerprint density at radius 2 is 1.75 bits per heavy atom. The number of amides is 2. The van der Waals surface area contributed by atoms with Gasteiger partial charge in [-0.1, -0.05) is 48.5 Å². The number of hydrogen-bond acceptors (Lipinski definition) is 6. The molecule has 1 saturated heterocycles. The predicted octanol–water partition coefficient (Wildman–Crippen LogP) is 2.47. The van der Waals surface area contributed by atoms with Gasteiger partial charge in [-0.15, -0.1) is 16.9 Å². The van der Waals surface area contributed by atoms with Gasteiger partial charge in [0.2, 0.25) is 0 Å². The third-order valence-corrected chi connectivity index (χ3v) is 5.84. The SMILES string of the molecule is O=C1N/C(=N\N2C(=O)CSC2c2ccccc2)c2c1c(=O)oc1ccccc21. The van der Waals surface area contributed by atoms with Gasteiger partial charge < -0.3 is 9.73 Å². The molecule has 0 radical (unpaired) electrons. The maximum absolute atomic E-state index is 12.5. The molecule has 1 atom stereocenters. The minimum Gasteiger partial charge on any atom is -0.422 e. The van der Waals surface area contributed by atoms with E-state index in [2.05, 4.69) is 10.4 Å². The summed E-state index contributed by atoms with van der Waals surface area (Å²) in [6.07, 6.45) is 0. The first-order valence-corrected chi connectivity index (χ1v) is 9.63. The number of amidine groups is 1. The lowest BCUT2D eigenvalue weighted by Gasteiger charge is -2.19. The number of thioether (sulfide) groups is 1. The van der Waals surface area contributed by atoms with Crippen LogP contribution in [0.3, 0.4) is 0 Å². The Hall–Kier alpha value is -3.39. The van der Waals surface area contributed by atoms with Crippen LogP contribution in [0.25, 0.3) is 11.0 Å². The van der Waals surface area contributed by atoms with Gasteiger partial charge in [0.15, 0.2) is 5.84 Å². The number of benzene rings is 2. The van der Waals surface area contributed by atoms with Crippen molar-refractivity contribution in [3.8, 4) is 0 Å². The van der Waals surface area contributed by atoms with Gasteiger partial charge in [-0.3, -0.25) is 9.59 Å². The molecule has 1 N–H and O–H groups in total. The molecule has 7 nitrogen and oxygen atoms in total. The van der Waals surface area contributed by atoms with Crippen LogP contribution in [-0.4, -0.2) is 28.4 Å². The Kier molecular flexibility index (Phi) is 3.80. The monoisotopic (exact) mass is 391 g/mol. The highest BCUT2D eigenvalue weighted by atomic mass is 32.2. The number of hydrogen-bond donors (Lipinski definition) is 1. The summed E-state index contributed by atoms with van der Waals surface area (Å²) >= 11 is 1.46. The van der Waals surface area contributed by atoms with Crippen molar-refractivity contribution in [2.45, 2.75) is 5.37 Å². The van der Waals surface area contributed by atoms with Gasteiger partial charge in [0, 0.05) is 5.39 Å². The van der Waals surface area contributed by atoms with E-state index in [0.717, 1.165) is 5.56 Å². The van der Waals surface area contributed by atoms with Gasteiger partial charge in [-0.05, 0) is 11.6 Å². The first kappa shape index (κ1) is 16.8. The smallest absolute Gasteiger partial charge is 0.349 e. The van der Waals surface area contributed by atoms with Crippen molar-refractivity contribution in [2.24, 2.45) is 5.10 Å². The molecule has 2 amide bonds.